The molecule has 0 spiro atoms. The molecule has 2 aromatic heterocycles. The second kappa shape index (κ2) is 4.16. The number of rotatable bonds is 0. The predicted octanol–water partition coefficient (Wildman–Crippen LogP) is 1.06. The van der Waals surface area contributed by atoms with E-state index < -0.39 is 0 Å². The van der Waals surface area contributed by atoms with E-state index >= 15 is 0 Å². The summed E-state index contributed by atoms with van der Waals surface area (Å²) in [7, 11) is 1.75. The molecule has 1 aliphatic rings. The maximum absolute atomic E-state index is 12.0. The Morgan fingerprint density at radius 1 is 1.56 bits per heavy atom. The third-order valence-electron chi connectivity index (χ3n) is 2.79. The van der Waals surface area contributed by atoms with Gasteiger partial charge in [-0.25, -0.2) is 4.98 Å². The molecule has 0 saturated carbocycles. The van der Waals surface area contributed by atoms with Crippen molar-refractivity contribution < 1.29 is 0 Å². The molecule has 86 valence electrons. The lowest BCUT2D eigenvalue weighted by molar-refractivity contribution is 0.656. The van der Waals surface area contributed by atoms with Crippen molar-refractivity contribution in [2.24, 2.45) is 7.05 Å². The van der Waals surface area contributed by atoms with Crippen molar-refractivity contribution in [2.45, 2.75) is 13.0 Å². The van der Waals surface area contributed by atoms with Gasteiger partial charge in [-0.2, -0.15) is 0 Å². The van der Waals surface area contributed by atoms with Gasteiger partial charge in [-0.15, -0.1) is 23.7 Å². The fraction of sp³-hybridized carbons (Fsp3) is 0.400. The zero-order valence-electron chi connectivity index (χ0n) is 8.82. The first-order chi connectivity index (χ1) is 7.27. The molecule has 2 aromatic rings. The van der Waals surface area contributed by atoms with Crippen molar-refractivity contribution in [1.82, 2.24) is 14.9 Å². The average molecular weight is 258 g/mol. The highest BCUT2D eigenvalue weighted by Gasteiger charge is 2.18. The van der Waals surface area contributed by atoms with E-state index in [1.54, 1.807) is 29.3 Å². The Morgan fingerprint density at radius 2 is 2.38 bits per heavy atom. The van der Waals surface area contributed by atoms with Crippen LogP contribution in [0.3, 0.4) is 0 Å². The van der Waals surface area contributed by atoms with Crippen LogP contribution in [0.15, 0.2) is 11.1 Å². The van der Waals surface area contributed by atoms with Crippen LogP contribution in [-0.4, -0.2) is 16.1 Å². The molecule has 3 rings (SSSR count). The van der Waals surface area contributed by atoms with Crippen LogP contribution < -0.4 is 10.9 Å². The number of nitrogens with one attached hydrogen (secondary N) is 1. The normalized spacial score (nSPS) is 14.6. The van der Waals surface area contributed by atoms with E-state index in [9.17, 15) is 4.79 Å². The summed E-state index contributed by atoms with van der Waals surface area (Å²) in [5.41, 5.74) is 1.29. The summed E-state index contributed by atoms with van der Waals surface area (Å²) < 4.78 is 1.55. The minimum Gasteiger partial charge on any atom is -0.312 e. The topological polar surface area (TPSA) is 46.9 Å². The number of nitrogens with zero attached hydrogens (tertiary/aromatic N) is 2. The predicted molar refractivity (Wildman–Crippen MR) is 67.5 cm³/mol. The Kier molecular flexibility index (Phi) is 3.01. The molecule has 0 amide bonds. The number of halogens is 1. The molecule has 3 heterocycles. The van der Waals surface area contributed by atoms with E-state index in [0.29, 0.717) is 0 Å². The van der Waals surface area contributed by atoms with Gasteiger partial charge in [-0.3, -0.25) is 4.79 Å². The Labute approximate surface area is 103 Å². The van der Waals surface area contributed by atoms with Crippen molar-refractivity contribution >= 4 is 34.0 Å². The fourth-order valence-electron chi connectivity index (χ4n) is 2.00. The standard InChI is InChI=1S/C10H11N3OS.ClH/c1-13-5-12-9-8(10(13)14)6-2-3-11-4-7(6)15-9;/h5,11H,2-4H2,1H3;1H. The summed E-state index contributed by atoms with van der Waals surface area (Å²) in [5, 5.41) is 4.14. The third-order valence-corrected chi connectivity index (χ3v) is 3.93. The van der Waals surface area contributed by atoms with Crippen molar-refractivity contribution in [2.75, 3.05) is 6.54 Å². The molecule has 0 atom stereocenters. The van der Waals surface area contributed by atoms with Gasteiger partial charge >= 0.3 is 0 Å². The van der Waals surface area contributed by atoms with Gasteiger partial charge in [0.1, 0.15) is 4.83 Å². The molecule has 0 radical (unpaired) electrons. The number of hydrogen-bond acceptors (Lipinski definition) is 4. The Hall–Kier alpha value is -0.910. The summed E-state index contributed by atoms with van der Waals surface area (Å²) >= 11 is 1.64. The molecular weight excluding hydrogens is 246 g/mol. The first kappa shape index (κ1) is 11.6. The lowest BCUT2D eigenvalue weighted by Crippen LogP contribution is -2.24. The van der Waals surface area contributed by atoms with Gasteiger partial charge in [-0.05, 0) is 18.5 Å². The third kappa shape index (κ3) is 1.55. The highest BCUT2D eigenvalue weighted by molar-refractivity contribution is 7.18. The highest BCUT2D eigenvalue weighted by Crippen LogP contribution is 2.29. The summed E-state index contributed by atoms with van der Waals surface area (Å²) in [5.74, 6) is 0. The van der Waals surface area contributed by atoms with Crippen LogP contribution in [0.25, 0.3) is 10.2 Å². The molecule has 0 bridgehead atoms. The zero-order chi connectivity index (χ0) is 10.4. The Bertz CT molecular complexity index is 589. The molecule has 16 heavy (non-hydrogen) atoms. The number of aromatic nitrogens is 2. The highest BCUT2D eigenvalue weighted by atomic mass is 35.5. The van der Waals surface area contributed by atoms with Crippen molar-refractivity contribution in [3.63, 3.8) is 0 Å². The SMILES string of the molecule is Cl.Cn1cnc2sc3c(c2c1=O)CCNC3. The second-order valence-corrected chi connectivity index (χ2v) is 4.85. The van der Waals surface area contributed by atoms with Crippen LogP contribution in [0.1, 0.15) is 10.4 Å². The largest absolute Gasteiger partial charge is 0.312 e. The van der Waals surface area contributed by atoms with E-state index in [-0.39, 0.29) is 18.0 Å². The van der Waals surface area contributed by atoms with Crippen LogP contribution in [0, 0.1) is 0 Å². The second-order valence-electron chi connectivity index (χ2n) is 3.77. The van der Waals surface area contributed by atoms with Crippen LogP contribution in [0.4, 0.5) is 0 Å². The van der Waals surface area contributed by atoms with Gasteiger partial charge < -0.3 is 9.88 Å². The summed E-state index contributed by atoms with van der Waals surface area (Å²) in [6, 6.07) is 0. The fourth-order valence-corrected chi connectivity index (χ4v) is 3.15. The number of hydrogen-bond donors (Lipinski definition) is 1. The monoisotopic (exact) mass is 257 g/mol. The van der Waals surface area contributed by atoms with Gasteiger partial charge in [-0.1, -0.05) is 0 Å². The minimum absolute atomic E-state index is 0. The van der Waals surface area contributed by atoms with Gasteiger partial charge in [0.25, 0.3) is 5.56 Å². The lowest BCUT2D eigenvalue weighted by Gasteiger charge is -2.11. The van der Waals surface area contributed by atoms with Gasteiger partial charge in [0.15, 0.2) is 0 Å². The number of thiophene rings is 1. The quantitative estimate of drug-likeness (QED) is 0.768. The van der Waals surface area contributed by atoms with Crippen molar-refractivity contribution in [1.29, 1.82) is 0 Å². The summed E-state index contributed by atoms with van der Waals surface area (Å²) in [6.07, 6.45) is 2.54. The molecule has 4 nitrogen and oxygen atoms in total. The molecule has 0 saturated heterocycles. The van der Waals surface area contributed by atoms with E-state index in [2.05, 4.69) is 10.3 Å². The van der Waals surface area contributed by atoms with Gasteiger partial charge in [0.05, 0.1) is 11.7 Å². The van der Waals surface area contributed by atoms with E-state index in [4.69, 9.17) is 0 Å². The first-order valence-electron chi connectivity index (χ1n) is 4.94. The van der Waals surface area contributed by atoms with Crippen LogP contribution in [0.2, 0.25) is 0 Å². The van der Waals surface area contributed by atoms with E-state index in [1.165, 1.54) is 10.4 Å². The maximum Gasteiger partial charge on any atom is 0.262 e. The van der Waals surface area contributed by atoms with E-state index in [0.717, 1.165) is 29.7 Å². The van der Waals surface area contributed by atoms with Gasteiger partial charge in [0, 0.05) is 18.5 Å². The molecule has 1 aliphatic heterocycles. The Morgan fingerprint density at radius 3 is 3.19 bits per heavy atom. The first-order valence-corrected chi connectivity index (χ1v) is 5.75. The number of fused-ring (bicyclic) bond motifs is 3. The van der Waals surface area contributed by atoms with Crippen molar-refractivity contribution in [3.05, 3.63) is 27.1 Å². The van der Waals surface area contributed by atoms with Gasteiger partial charge in [0.2, 0.25) is 0 Å². The van der Waals surface area contributed by atoms with E-state index in [1.807, 2.05) is 0 Å². The molecular formula is C10H12ClN3OS. The van der Waals surface area contributed by atoms with Crippen molar-refractivity contribution in [3.8, 4) is 0 Å². The molecule has 0 aliphatic carbocycles. The molecule has 0 fully saturated rings. The molecule has 1 N–H and O–H groups in total. The average Bonchev–Trinajstić information content (AvgIpc) is 2.62. The molecule has 6 heteroatoms. The Balaban J connectivity index is 0.000000963. The van der Waals surface area contributed by atoms with Crippen LogP contribution >= 0.6 is 23.7 Å². The molecule has 0 aromatic carbocycles. The lowest BCUT2D eigenvalue weighted by atomic mass is 10.1. The minimum atomic E-state index is 0. The number of aryl methyl sites for hydroxylation is 1. The summed E-state index contributed by atoms with van der Waals surface area (Å²) in [6.45, 7) is 1.83. The smallest absolute Gasteiger partial charge is 0.262 e. The van der Waals surface area contributed by atoms with Crippen LogP contribution in [0.5, 0.6) is 0 Å². The summed E-state index contributed by atoms with van der Waals surface area (Å²) in [4.78, 5) is 18.4. The molecule has 0 unspecified atom stereocenters. The van der Waals surface area contributed by atoms with Crippen LogP contribution in [-0.2, 0) is 20.0 Å². The maximum atomic E-state index is 12.0. The zero-order valence-corrected chi connectivity index (χ0v) is 10.5.